The number of benzene rings is 1. The molecule has 2 rings (SSSR count). The van der Waals surface area contributed by atoms with Gasteiger partial charge in [0, 0.05) is 5.69 Å². The predicted octanol–water partition coefficient (Wildman–Crippen LogP) is 0.898. The SMILES string of the molecule is [B]C1Nc2ccc(OC)cc2C1C=O. The van der Waals surface area contributed by atoms with Crippen LogP contribution in [-0.2, 0) is 4.79 Å². The van der Waals surface area contributed by atoms with Gasteiger partial charge in [-0.1, -0.05) is 0 Å². The number of carbonyl (C=O) groups excluding carboxylic acids is 1. The summed E-state index contributed by atoms with van der Waals surface area (Å²) in [6.07, 6.45) is 0.864. The normalized spacial score (nSPS) is 23.8. The molecule has 2 atom stereocenters. The Morgan fingerprint density at radius 2 is 2.36 bits per heavy atom. The maximum absolute atomic E-state index is 10.8. The van der Waals surface area contributed by atoms with Gasteiger partial charge in [0.15, 0.2) is 0 Å². The van der Waals surface area contributed by atoms with E-state index in [2.05, 4.69) is 5.32 Å². The van der Waals surface area contributed by atoms with Gasteiger partial charge in [0.1, 0.15) is 19.9 Å². The fraction of sp³-hybridized carbons (Fsp3) is 0.300. The molecular weight excluding hydrogens is 177 g/mol. The first-order chi connectivity index (χ1) is 6.76. The van der Waals surface area contributed by atoms with Crippen molar-refractivity contribution in [2.45, 2.75) is 11.9 Å². The lowest BCUT2D eigenvalue weighted by molar-refractivity contribution is -0.108. The number of ether oxygens (including phenoxy) is 1. The summed E-state index contributed by atoms with van der Waals surface area (Å²) >= 11 is 0. The molecule has 14 heavy (non-hydrogen) atoms. The van der Waals surface area contributed by atoms with Crippen LogP contribution in [0.1, 0.15) is 11.5 Å². The molecule has 1 aliphatic heterocycles. The molecule has 0 fully saturated rings. The predicted molar refractivity (Wildman–Crippen MR) is 55.0 cm³/mol. The average Bonchev–Trinajstić information content (AvgIpc) is 2.52. The van der Waals surface area contributed by atoms with E-state index in [0.717, 1.165) is 23.3 Å². The van der Waals surface area contributed by atoms with Crippen LogP contribution in [0, 0.1) is 0 Å². The molecule has 1 heterocycles. The van der Waals surface area contributed by atoms with Crippen molar-refractivity contribution in [1.29, 1.82) is 0 Å². The van der Waals surface area contributed by atoms with Crippen molar-refractivity contribution in [3.05, 3.63) is 23.8 Å². The highest BCUT2D eigenvalue weighted by molar-refractivity contribution is 6.16. The van der Waals surface area contributed by atoms with E-state index < -0.39 is 0 Å². The number of hydrogen-bond acceptors (Lipinski definition) is 3. The summed E-state index contributed by atoms with van der Waals surface area (Å²) in [5.41, 5.74) is 1.82. The lowest BCUT2D eigenvalue weighted by atomic mass is 9.84. The van der Waals surface area contributed by atoms with Crippen molar-refractivity contribution in [2.75, 3.05) is 12.4 Å². The first-order valence-electron chi connectivity index (χ1n) is 4.41. The molecule has 0 saturated heterocycles. The molecule has 0 spiro atoms. The van der Waals surface area contributed by atoms with Gasteiger partial charge in [0.05, 0.1) is 13.0 Å². The van der Waals surface area contributed by atoms with Crippen LogP contribution in [0.2, 0.25) is 0 Å². The van der Waals surface area contributed by atoms with Gasteiger partial charge in [-0.15, -0.1) is 0 Å². The van der Waals surface area contributed by atoms with Crippen LogP contribution in [-0.4, -0.2) is 27.2 Å². The summed E-state index contributed by atoms with van der Waals surface area (Å²) < 4.78 is 5.08. The minimum atomic E-state index is -0.324. The molecule has 1 N–H and O–H groups in total. The second kappa shape index (κ2) is 3.37. The highest BCUT2D eigenvalue weighted by atomic mass is 16.5. The molecule has 3 nitrogen and oxygen atoms in total. The highest BCUT2D eigenvalue weighted by Gasteiger charge is 2.28. The Kier molecular flexibility index (Phi) is 2.19. The molecule has 4 heteroatoms. The van der Waals surface area contributed by atoms with Crippen LogP contribution in [0.25, 0.3) is 0 Å². The van der Waals surface area contributed by atoms with E-state index in [9.17, 15) is 4.79 Å². The first kappa shape index (κ1) is 9.12. The summed E-state index contributed by atoms with van der Waals surface area (Å²) in [5.74, 6) is 0.140. The monoisotopic (exact) mass is 187 g/mol. The van der Waals surface area contributed by atoms with Crippen LogP contribution in [0.4, 0.5) is 5.69 Å². The smallest absolute Gasteiger partial charge is 0.128 e. The van der Waals surface area contributed by atoms with Gasteiger partial charge < -0.3 is 14.8 Å². The van der Waals surface area contributed by atoms with Gasteiger partial charge in [-0.05, 0) is 29.7 Å². The second-order valence-corrected chi connectivity index (χ2v) is 3.29. The fourth-order valence-electron chi connectivity index (χ4n) is 1.70. The van der Waals surface area contributed by atoms with Crippen LogP contribution >= 0.6 is 0 Å². The van der Waals surface area contributed by atoms with Gasteiger partial charge in [0.25, 0.3) is 0 Å². The van der Waals surface area contributed by atoms with Crippen LogP contribution in [0.15, 0.2) is 18.2 Å². The zero-order valence-electron chi connectivity index (χ0n) is 7.86. The number of carbonyl (C=O) groups is 1. The summed E-state index contributed by atoms with van der Waals surface area (Å²) in [6, 6.07) is 5.55. The molecule has 2 unspecified atom stereocenters. The third-order valence-corrected chi connectivity index (χ3v) is 2.47. The molecule has 0 amide bonds. The molecule has 0 saturated carbocycles. The number of nitrogens with one attached hydrogen (secondary N) is 1. The van der Waals surface area contributed by atoms with Gasteiger partial charge >= 0.3 is 0 Å². The Morgan fingerprint density at radius 3 is 3.00 bits per heavy atom. The van der Waals surface area contributed by atoms with Gasteiger partial charge in [0.2, 0.25) is 0 Å². The van der Waals surface area contributed by atoms with Crippen molar-refractivity contribution < 1.29 is 9.53 Å². The quantitative estimate of drug-likeness (QED) is 0.552. The molecule has 0 bridgehead atoms. The maximum Gasteiger partial charge on any atom is 0.128 e. The molecule has 0 aromatic heterocycles. The van der Waals surface area contributed by atoms with E-state index in [1.165, 1.54) is 0 Å². The van der Waals surface area contributed by atoms with Crippen LogP contribution in [0.3, 0.4) is 0 Å². The molecule has 1 aromatic carbocycles. The first-order valence-corrected chi connectivity index (χ1v) is 4.41. The molecule has 2 radical (unpaired) electrons. The minimum Gasteiger partial charge on any atom is -0.497 e. The molecule has 1 aliphatic rings. The third kappa shape index (κ3) is 1.27. The van der Waals surface area contributed by atoms with Crippen molar-refractivity contribution in [1.82, 2.24) is 0 Å². The lowest BCUT2D eigenvalue weighted by Gasteiger charge is -2.08. The van der Waals surface area contributed by atoms with Gasteiger partial charge in [-0.25, -0.2) is 0 Å². The average molecular weight is 187 g/mol. The number of aldehydes is 1. The van der Waals surface area contributed by atoms with E-state index >= 15 is 0 Å². The van der Waals surface area contributed by atoms with Crippen LogP contribution < -0.4 is 10.1 Å². The molecule has 70 valence electrons. The lowest BCUT2D eigenvalue weighted by Crippen LogP contribution is -2.21. The number of hydrogen-bond donors (Lipinski definition) is 1. The number of fused-ring (bicyclic) bond motifs is 1. The Morgan fingerprint density at radius 1 is 1.57 bits per heavy atom. The summed E-state index contributed by atoms with van der Waals surface area (Å²) in [6.45, 7) is 0. The Balaban J connectivity index is 2.44. The second-order valence-electron chi connectivity index (χ2n) is 3.29. The zero-order valence-corrected chi connectivity index (χ0v) is 7.86. The molecular formula is C10H10BNO2. The van der Waals surface area contributed by atoms with Crippen molar-refractivity contribution in [2.24, 2.45) is 0 Å². The summed E-state index contributed by atoms with van der Waals surface area (Å²) in [5, 5.41) is 3.04. The number of anilines is 1. The highest BCUT2D eigenvalue weighted by Crippen LogP contribution is 2.35. The van der Waals surface area contributed by atoms with Crippen molar-refractivity contribution >= 4 is 19.8 Å². The Bertz CT molecular complexity index is 367. The van der Waals surface area contributed by atoms with Crippen molar-refractivity contribution in [3.63, 3.8) is 0 Å². The summed E-state index contributed by atoms with van der Waals surface area (Å²) in [4.78, 5) is 10.8. The zero-order chi connectivity index (χ0) is 10.1. The number of methoxy groups -OCH3 is 1. The van der Waals surface area contributed by atoms with Crippen molar-refractivity contribution in [3.8, 4) is 5.75 Å². The van der Waals surface area contributed by atoms with Gasteiger partial charge in [-0.2, -0.15) is 0 Å². The maximum atomic E-state index is 10.8. The number of rotatable bonds is 2. The standard InChI is InChI=1S/C10H10BNO2/c1-14-6-2-3-9-7(4-6)8(5-13)10(11)12-9/h2-5,8,10,12H,1H3. The van der Waals surface area contributed by atoms with Gasteiger partial charge in [-0.3, -0.25) is 0 Å². The molecule has 0 aliphatic carbocycles. The van der Waals surface area contributed by atoms with E-state index in [0.29, 0.717) is 0 Å². The van der Waals surface area contributed by atoms with Crippen LogP contribution in [0.5, 0.6) is 5.75 Å². The van der Waals surface area contributed by atoms with E-state index in [4.69, 9.17) is 12.6 Å². The fourth-order valence-corrected chi connectivity index (χ4v) is 1.70. The van der Waals surface area contributed by atoms with E-state index in [-0.39, 0.29) is 11.9 Å². The molecule has 1 aromatic rings. The summed E-state index contributed by atoms with van der Waals surface area (Å²) in [7, 11) is 7.35. The minimum absolute atomic E-state index is 0.278. The Hall–Kier alpha value is -1.45. The largest absolute Gasteiger partial charge is 0.497 e. The van der Waals surface area contributed by atoms with E-state index in [1.807, 2.05) is 18.2 Å². The third-order valence-electron chi connectivity index (χ3n) is 2.47. The topological polar surface area (TPSA) is 38.3 Å². The Labute approximate surface area is 83.9 Å². The van der Waals surface area contributed by atoms with E-state index in [1.54, 1.807) is 7.11 Å².